The molecule has 0 radical (unpaired) electrons. The first-order valence-electron chi connectivity index (χ1n) is 6.79. The average Bonchev–Trinajstić information content (AvgIpc) is 2.99. The van der Waals surface area contributed by atoms with Crippen LogP contribution < -0.4 is 10.1 Å². The first kappa shape index (κ1) is 17.0. The number of carbonyl (C=O) groups excluding carboxylic acids is 1. The third-order valence-corrected chi connectivity index (χ3v) is 6.13. The number of halogens is 3. The number of benzene rings is 1. The minimum absolute atomic E-state index is 0.0247. The number of nitrogens with one attached hydrogen (secondary N) is 1. The smallest absolute Gasteiger partial charge is 0.406 e. The van der Waals surface area contributed by atoms with Crippen LogP contribution in [-0.2, 0) is 14.6 Å². The van der Waals surface area contributed by atoms with E-state index in [-0.39, 0.29) is 28.8 Å². The second-order valence-corrected chi connectivity index (χ2v) is 8.54. The van der Waals surface area contributed by atoms with Crippen LogP contribution in [0.3, 0.4) is 0 Å². The number of carbonyl (C=O) groups is 1. The zero-order valence-corrected chi connectivity index (χ0v) is 13.6. The van der Waals surface area contributed by atoms with Gasteiger partial charge in [0.05, 0.1) is 27.6 Å². The van der Waals surface area contributed by atoms with Crippen LogP contribution in [-0.4, -0.2) is 37.2 Å². The molecule has 1 fully saturated rings. The van der Waals surface area contributed by atoms with Gasteiger partial charge in [-0.1, -0.05) is 11.3 Å². The number of amides is 1. The highest BCUT2D eigenvalue weighted by molar-refractivity contribution is 7.91. The summed E-state index contributed by atoms with van der Waals surface area (Å²) in [5, 5.41) is 2.72. The molecule has 0 saturated carbocycles. The highest BCUT2D eigenvalue weighted by Gasteiger charge is 2.33. The molecule has 130 valence electrons. The maximum absolute atomic E-state index is 12.2. The number of hydrogen-bond donors (Lipinski definition) is 1. The van der Waals surface area contributed by atoms with Crippen LogP contribution in [0.5, 0.6) is 5.75 Å². The Morgan fingerprint density at radius 3 is 2.75 bits per heavy atom. The van der Waals surface area contributed by atoms with E-state index in [9.17, 15) is 26.4 Å². The van der Waals surface area contributed by atoms with Crippen molar-refractivity contribution in [3.63, 3.8) is 0 Å². The van der Waals surface area contributed by atoms with Gasteiger partial charge >= 0.3 is 6.36 Å². The van der Waals surface area contributed by atoms with Gasteiger partial charge in [-0.2, -0.15) is 0 Å². The second kappa shape index (κ2) is 5.88. The van der Waals surface area contributed by atoms with Crippen molar-refractivity contribution in [1.82, 2.24) is 4.98 Å². The summed E-state index contributed by atoms with van der Waals surface area (Å²) in [6, 6.07) is 3.66. The molecular formula is C13H11F3N2O4S2. The summed E-state index contributed by atoms with van der Waals surface area (Å²) >= 11 is 0.985. The van der Waals surface area contributed by atoms with Gasteiger partial charge < -0.3 is 10.1 Å². The zero-order valence-electron chi connectivity index (χ0n) is 12.0. The normalized spacial score (nSPS) is 20.2. The summed E-state index contributed by atoms with van der Waals surface area (Å²) in [6.07, 6.45) is -4.54. The van der Waals surface area contributed by atoms with Crippen LogP contribution in [0.1, 0.15) is 6.42 Å². The van der Waals surface area contributed by atoms with E-state index in [0.29, 0.717) is 10.2 Å². The predicted octanol–water partition coefficient (Wildman–Crippen LogP) is 2.57. The number of anilines is 1. The highest BCUT2D eigenvalue weighted by atomic mass is 32.2. The van der Waals surface area contributed by atoms with Gasteiger partial charge in [0.15, 0.2) is 15.0 Å². The molecule has 0 bridgehead atoms. The molecule has 1 saturated heterocycles. The molecule has 11 heteroatoms. The van der Waals surface area contributed by atoms with E-state index in [1.54, 1.807) is 0 Å². The first-order valence-corrected chi connectivity index (χ1v) is 9.43. The molecule has 0 aliphatic carbocycles. The van der Waals surface area contributed by atoms with E-state index < -0.39 is 28.0 Å². The number of alkyl halides is 3. The molecule has 1 aliphatic heterocycles. The molecule has 24 heavy (non-hydrogen) atoms. The molecule has 1 atom stereocenters. The zero-order chi connectivity index (χ0) is 17.5. The molecule has 1 amide bonds. The Bertz CT molecular complexity index is 892. The summed E-state index contributed by atoms with van der Waals surface area (Å²) in [5.74, 6) is -1.69. The topological polar surface area (TPSA) is 85.4 Å². The maximum atomic E-state index is 12.2. The summed E-state index contributed by atoms with van der Waals surface area (Å²) in [7, 11) is -3.18. The molecule has 2 aromatic rings. The van der Waals surface area contributed by atoms with E-state index in [2.05, 4.69) is 15.0 Å². The van der Waals surface area contributed by atoms with E-state index in [1.165, 1.54) is 12.1 Å². The lowest BCUT2D eigenvalue weighted by Gasteiger charge is -2.07. The van der Waals surface area contributed by atoms with Gasteiger partial charge in [-0.3, -0.25) is 4.79 Å². The molecule has 1 aliphatic rings. The van der Waals surface area contributed by atoms with Crippen LogP contribution in [0.15, 0.2) is 18.2 Å². The van der Waals surface area contributed by atoms with E-state index in [1.807, 2.05) is 0 Å². The van der Waals surface area contributed by atoms with Crippen molar-refractivity contribution < 1.29 is 31.1 Å². The Balaban J connectivity index is 1.75. The van der Waals surface area contributed by atoms with Crippen molar-refractivity contribution >= 4 is 42.4 Å². The Morgan fingerprint density at radius 1 is 1.38 bits per heavy atom. The Hall–Kier alpha value is -1.88. The molecule has 1 N–H and O–H groups in total. The van der Waals surface area contributed by atoms with Gasteiger partial charge in [0.2, 0.25) is 5.91 Å². The monoisotopic (exact) mass is 380 g/mol. The summed E-state index contributed by atoms with van der Waals surface area (Å²) in [4.78, 5) is 16.1. The fourth-order valence-corrected chi connectivity index (χ4v) is 5.00. The van der Waals surface area contributed by atoms with Gasteiger partial charge in [0.1, 0.15) is 5.75 Å². The SMILES string of the molecule is O=C(Nc1nc2ccc(OC(F)(F)F)cc2s1)C1CCS(=O)(=O)C1. The molecule has 1 unspecified atom stereocenters. The van der Waals surface area contributed by atoms with Crippen molar-refractivity contribution in [1.29, 1.82) is 0 Å². The summed E-state index contributed by atoms with van der Waals surface area (Å²) < 4.78 is 63.7. The number of rotatable bonds is 3. The molecule has 3 rings (SSSR count). The van der Waals surface area contributed by atoms with Crippen LogP contribution in [0.2, 0.25) is 0 Å². The number of hydrogen-bond acceptors (Lipinski definition) is 6. The number of thiazole rings is 1. The number of nitrogens with zero attached hydrogens (tertiary/aromatic N) is 1. The van der Waals surface area contributed by atoms with E-state index in [4.69, 9.17) is 0 Å². The number of fused-ring (bicyclic) bond motifs is 1. The maximum Gasteiger partial charge on any atom is 0.573 e. The van der Waals surface area contributed by atoms with Crippen molar-refractivity contribution in [2.24, 2.45) is 5.92 Å². The first-order chi connectivity index (χ1) is 11.1. The molecule has 1 aromatic heterocycles. The van der Waals surface area contributed by atoms with Gasteiger partial charge in [-0.15, -0.1) is 13.2 Å². The van der Waals surface area contributed by atoms with Gasteiger partial charge in [0, 0.05) is 6.07 Å². The fourth-order valence-electron chi connectivity index (χ4n) is 2.36. The fraction of sp³-hybridized carbons (Fsp3) is 0.385. The summed E-state index contributed by atoms with van der Waals surface area (Å²) in [5.41, 5.74) is 0.406. The number of aromatic nitrogens is 1. The van der Waals surface area contributed by atoms with Crippen molar-refractivity contribution in [2.45, 2.75) is 12.8 Å². The standard InChI is InChI=1S/C13H11F3N2O4S2/c14-13(15,16)22-8-1-2-9-10(5-8)23-12(17-9)18-11(19)7-3-4-24(20,21)6-7/h1-2,5,7H,3-4,6H2,(H,17,18,19). The Kier molecular flexibility index (Phi) is 4.16. The van der Waals surface area contributed by atoms with Crippen LogP contribution >= 0.6 is 11.3 Å². The van der Waals surface area contributed by atoms with Gasteiger partial charge in [-0.25, -0.2) is 13.4 Å². The largest absolute Gasteiger partial charge is 0.573 e. The molecule has 6 nitrogen and oxygen atoms in total. The van der Waals surface area contributed by atoms with E-state index >= 15 is 0 Å². The summed E-state index contributed by atoms with van der Waals surface area (Å²) in [6.45, 7) is 0. The number of ether oxygens (including phenoxy) is 1. The minimum atomic E-state index is -4.79. The van der Waals surface area contributed by atoms with Crippen LogP contribution in [0.25, 0.3) is 10.2 Å². The second-order valence-electron chi connectivity index (χ2n) is 5.29. The lowest BCUT2D eigenvalue weighted by atomic mass is 10.1. The molecular weight excluding hydrogens is 369 g/mol. The Morgan fingerprint density at radius 2 is 2.12 bits per heavy atom. The van der Waals surface area contributed by atoms with Gasteiger partial charge in [0.25, 0.3) is 0 Å². The van der Waals surface area contributed by atoms with Gasteiger partial charge in [-0.05, 0) is 18.6 Å². The van der Waals surface area contributed by atoms with Crippen LogP contribution in [0.4, 0.5) is 18.3 Å². The quantitative estimate of drug-likeness (QED) is 0.885. The third-order valence-electron chi connectivity index (χ3n) is 3.43. The highest BCUT2D eigenvalue weighted by Crippen LogP contribution is 2.32. The minimum Gasteiger partial charge on any atom is -0.406 e. The molecule has 1 aromatic carbocycles. The van der Waals surface area contributed by atoms with Crippen molar-refractivity contribution in [2.75, 3.05) is 16.8 Å². The average molecular weight is 380 g/mol. The predicted molar refractivity (Wildman–Crippen MR) is 81.7 cm³/mol. The third kappa shape index (κ3) is 3.96. The van der Waals surface area contributed by atoms with Crippen LogP contribution in [0, 0.1) is 5.92 Å². The molecule has 2 heterocycles. The lowest BCUT2D eigenvalue weighted by Crippen LogP contribution is -2.23. The van der Waals surface area contributed by atoms with Crippen molar-refractivity contribution in [3.8, 4) is 5.75 Å². The Labute approximate surface area is 138 Å². The van der Waals surface area contributed by atoms with E-state index in [0.717, 1.165) is 17.4 Å². The lowest BCUT2D eigenvalue weighted by molar-refractivity contribution is -0.274. The molecule has 0 spiro atoms. The number of sulfone groups is 1. The van der Waals surface area contributed by atoms with Crippen molar-refractivity contribution in [3.05, 3.63) is 18.2 Å².